The topological polar surface area (TPSA) is 74.2 Å². The summed E-state index contributed by atoms with van der Waals surface area (Å²) in [6.45, 7) is 2.61. The van der Waals surface area contributed by atoms with Crippen molar-refractivity contribution in [3.63, 3.8) is 0 Å². The normalized spacial score (nSPS) is 16.3. The quantitative estimate of drug-likeness (QED) is 0.892. The van der Waals surface area contributed by atoms with Crippen molar-refractivity contribution >= 4 is 0 Å². The molecule has 1 aliphatic carbocycles. The van der Waals surface area contributed by atoms with Gasteiger partial charge >= 0.3 is 0 Å². The maximum Gasteiger partial charge on any atom is 0.229 e. The summed E-state index contributed by atoms with van der Waals surface area (Å²) in [7, 11) is 0. The fourth-order valence-electron chi connectivity index (χ4n) is 1.96. The van der Waals surface area contributed by atoms with Crippen LogP contribution in [-0.4, -0.2) is 16.7 Å². The SMILES string of the molecule is CCOc1ccc(C(N)c2noc(C3CC3)n2)cc1. The van der Waals surface area contributed by atoms with Crippen LogP contribution in [0.2, 0.25) is 0 Å². The predicted octanol–water partition coefficient (Wildman–Crippen LogP) is 2.39. The summed E-state index contributed by atoms with van der Waals surface area (Å²) in [6, 6.07) is 7.32. The molecule has 0 saturated heterocycles. The molecule has 1 aliphatic rings. The average molecular weight is 259 g/mol. The van der Waals surface area contributed by atoms with E-state index in [2.05, 4.69) is 10.1 Å². The Kier molecular flexibility index (Phi) is 3.21. The Hall–Kier alpha value is -1.88. The zero-order valence-corrected chi connectivity index (χ0v) is 10.9. The molecule has 100 valence electrons. The van der Waals surface area contributed by atoms with Crippen LogP contribution < -0.4 is 10.5 Å². The summed E-state index contributed by atoms with van der Waals surface area (Å²) >= 11 is 0. The first-order valence-electron chi connectivity index (χ1n) is 6.59. The number of ether oxygens (including phenoxy) is 1. The smallest absolute Gasteiger partial charge is 0.229 e. The zero-order chi connectivity index (χ0) is 13.2. The molecule has 1 atom stereocenters. The monoisotopic (exact) mass is 259 g/mol. The van der Waals surface area contributed by atoms with E-state index in [0.29, 0.717) is 18.3 Å². The van der Waals surface area contributed by atoms with Crippen LogP contribution in [0.5, 0.6) is 5.75 Å². The van der Waals surface area contributed by atoms with Crippen LogP contribution in [0.4, 0.5) is 0 Å². The molecule has 1 fully saturated rings. The Morgan fingerprint density at radius 1 is 1.37 bits per heavy atom. The van der Waals surface area contributed by atoms with Gasteiger partial charge in [0.15, 0.2) is 5.82 Å². The molecule has 2 N–H and O–H groups in total. The Balaban J connectivity index is 1.75. The van der Waals surface area contributed by atoms with Crippen LogP contribution >= 0.6 is 0 Å². The van der Waals surface area contributed by atoms with Crippen LogP contribution in [0.25, 0.3) is 0 Å². The van der Waals surface area contributed by atoms with Gasteiger partial charge in [-0.05, 0) is 37.5 Å². The summed E-state index contributed by atoms with van der Waals surface area (Å²) in [5, 5.41) is 3.97. The molecule has 0 radical (unpaired) electrons. The van der Waals surface area contributed by atoms with Crippen LogP contribution in [-0.2, 0) is 0 Å². The van der Waals surface area contributed by atoms with Crippen molar-refractivity contribution in [2.45, 2.75) is 31.7 Å². The lowest BCUT2D eigenvalue weighted by molar-refractivity contribution is 0.340. The van der Waals surface area contributed by atoms with Crippen LogP contribution in [0.1, 0.15) is 49.0 Å². The van der Waals surface area contributed by atoms with Crippen molar-refractivity contribution in [1.82, 2.24) is 10.1 Å². The number of benzene rings is 1. The highest BCUT2D eigenvalue weighted by atomic mass is 16.5. The molecule has 3 rings (SSSR count). The first-order chi connectivity index (χ1) is 9.28. The number of hydrogen-bond donors (Lipinski definition) is 1. The molecule has 1 saturated carbocycles. The Bertz CT molecular complexity index is 546. The third-order valence-electron chi connectivity index (χ3n) is 3.21. The second-order valence-electron chi connectivity index (χ2n) is 4.74. The molecule has 1 unspecified atom stereocenters. The van der Waals surface area contributed by atoms with E-state index in [0.717, 1.165) is 30.0 Å². The lowest BCUT2D eigenvalue weighted by Crippen LogP contribution is -2.13. The zero-order valence-electron chi connectivity index (χ0n) is 10.9. The van der Waals surface area contributed by atoms with E-state index in [-0.39, 0.29) is 6.04 Å². The van der Waals surface area contributed by atoms with E-state index in [1.165, 1.54) is 0 Å². The fourth-order valence-corrected chi connectivity index (χ4v) is 1.96. The summed E-state index contributed by atoms with van der Waals surface area (Å²) in [6.07, 6.45) is 2.28. The van der Waals surface area contributed by atoms with Gasteiger partial charge < -0.3 is 15.0 Å². The third kappa shape index (κ3) is 2.61. The minimum Gasteiger partial charge on any atom is -0.494 e. The first-order valence-corrected chi connectivity index (χ1v) is 6.59. The minimum absolute atomic E-state index is 0.355. The number of aromatic nitrogens is 2. The van der Waals surface area contributed by atoms with Gasteiger partial charge in [0.2, 0.25) is 5.89 Å². The van der Waals surface area contributed by atoms with E-state index in [1.54, 1.807) is 0 Å². The van der Waals surface area contributed by atoms with E-state index in [4.69, 9.17) is 15.0 Å². The van der Waals surface area contributed by atoms with E-state index in [9.17, 15) is 0 Å². The van der Waals surface area contributed by atoms with Gasteiger partial charge in [-0.1, -0.05) is 17.3 Å². The van der Waals surface area contributed by atoms with Crippen molar-refractivity contribution in [2.24, 2.45) is 5.73 Å². The molecule has 19 heavy (non-hydrogen) atoms. The fraction of sp³-hybridized carbons (Fsp3) is 0.429. The van der Waals surface area contributed by atoms with Crippen molar-refractivity contribution in [3.05, 3.63) is 41.5 Å². The van der Waals surface area contributed by atoms with E-state index >= 15 is 0 Å². The number of nitrogens with zero attached hydrogens (tertiary/aromatic N) is 2. The molecule has 2 aromatic rings. The molecule has 5 nitrogen and oxygen atoms in total. The van der Waals surface area contributed by atoms with E-state index in [1.807, 2.05) is 31.2 Å². The van der Waals surface area contributed by atoms with Gasteiger partial charge in [0, 0.05) is 5.92 Å². The molecular formula is C14H17N3O2. The highest BCUT2D eigenvalue weighted by Gasteiger charge is 2.30. The lowest BCUT2D eigenvalue weighted by atomic mass is 10.1. The van der Waals surface area contributed by atoms with Crippen molar-refractivity contribution in [2.75, 3.05) is 6.61 Å². The van der Waals surface area contributed by atoms with Gasteiger partial charge in [-0.3, -0.25) is 0 Å². The molecular weight excluding hydrogens is 242 g/mol. The van der Waals surface area contributed by atoms with Gasteiger partial charge in [-0.15, -0.1) is 0 Å². The Morgan fingerprint density at radius 3 is 2.74 bits per heavy atom. The number of hydrogen-bond acceptors (Lipinski definition) is 5. The van der Waals surface area contributed by atoms with Crippen LogP contribution in [0.3, 0.4) is 0 Å². The largest absolute Gasteiger partial charge is 0.494 e. The highest BCUT2D eigenvalue weighted by Crippen LogP contribution is 2.39. The third-order valence-corrected chi connectivity index (χ3v) is 3.21. The molecule has 0 aliphatic heterocycles. The van der Waals surface area contributed by atoms with Crippen molar-refractivity contribution in [3.8, 4) is 5.75 Å². The van der Waals surface area contributed by atoms with Crippen molar-refractivity contribution in [1.29, 1.82) is 0 Å². The van der Waals surface area contributed by atoms with Gasteiger partial charge in [0.05, 0.1) is 12.6 Å². The second kappa shape index (κ2) is 5.01. The minimum atomic E-state index is -0.355. The predicted molar refractivity (Wildman–Crippen MR) is 69.9 cm³/mol. The highest BCUT2D eigenvalue weighted by molar-refractivity contribution is 5.31. The standard InChI is InChI=1S/C14H17N3O2/c1-2-18-11-7-5-9(6-8-11)12(15)13-16-14(19-17-13)10-3-4-10/h5-8,10,12H,2-4,15H2,1H3. The Morgan fingerprint density at radius 2 is 2.11 bits per heavy atom. The maximum absolute atomic E-state index is 6.15. The molecule has 0 amide bonds. The van der Waals surface area contributed by atoms with Gasteiger partial charge in [-0.2, -0.15) is 4.98 Å². The second-order valence-corrected chi connectivity index (χ2v) is 4.74. The van der Waals surface area contributed by atoms with Crippen LogP contribution in [0, 0.1) is 0 Å². The van der Waals surface area contributed by atoms with Gasteiger partial charge in [0.25, 0.3) is 0 Å². The summed E-state index contributed by atoms with van der Waals surface area (Å²) in [4.78, 5) is 4.37. The van der Waals surface area contributed by atoms with Gasteiger partial charge in [-0.25, -0.2) is 0 Å². The lowest BCUT2D eigenvalue weighted by Gasteiger charge is -2.08. The number of nitrogens with two attached hydrogens (primary N) is 1. The molecule has 1 heterocycles. The molecule has 0 bridgehead atoms. The molecule has 1 aromatic heterocycles. The molecule has 5 heteroatoms. The summed E-state index contributed by atoms with van der Waals surface area (Å²) < 4.78 is 10.6. The van der Waals surface area contributed by atoms with Gasteiger partial charge in [0.1, 0.15) is 5.75 Å². The van der Waals surface area contributed by atoms with Crippen molar-refractivity contribution < 1.29 is 9.26 Å². The first kappa shape index (κ1) is 12.2. The van der Waals surface area contributed by atoms with Crippen LogP contribution in [0.15, 0.2) is 28.8 Å². The molecule has 1 aromatic carbocycles. The summed E-state index contributed by atoms with van der Waals surface area (Å²) in [5.74, 6) is 2.56. The molecule has 0 spiro atoms. The maximum atomic E-state index is 6.15. The average Bonchev–Trinajstić information content (AvgIpc) is 3.17. The summed E-state index contributed by atoms with van der Waals surface area (Å²) in [5.41, 5.74) is 7.10. The van der Waals surface area contributed by atoms with E-state index < -0.39 is 0 Å². The Labute approximate surface area is 111 Å². The number of rotatable bonds is 5.